The van der Waals surface area contributed by atoms with Crippen molar-refractivity contribution in [2.75, 3.05) is 14.1 Å². The van der Waals surface area contributed by atoms with Crippen LogP contribution in [0.5, 0.6) is 5.75 Å². The summed E-state index contributed by atoms with van der Waals surface area (Å²) >= 11 is 0. The Labute approximate surface area is 237 Å². The molecule has 3 fully saturated rings. The lowest BCUT2D eigenvalue weighted by molar-refractivity contribution is -0.207. The quantitative estimate of drug-likeness (QED) is 0.268. The number of benzene rings is 1. The SMILES string of the molecule is C[C@@H]1c2cccc(O)c2C(=O)C2C(=O)[C@@]3(O)C(=O)C(C(N)=O)C(=O)[C@H](N(C)C)[C@H]3[C@H](OC(=O)C3CCCCCC3)[C@H]21. The minimum atomic E-state index is -3.02. The molecule has 11 heteroatoms. The number of phenols is 1. The van der Waals surface area contributed by atoms with Gasteiger partial charge in [-0.3, -0.25) is 33.7 Å². The first-order valence-electron chi connectivity index (χ1n) is 14.2. The highest BCUT2D eigenvalue weighted by Gasteiger charge is 2.74. The summed E-state index contributed by atoms with van der Waals surface area (Å²) in [6.45, 7) is 1.72. The van der Waals surface area contributed by atoms with Gasteiger partial charge < -0.3 is 20.7 Å². The lowest BCUT2D eigenvalue weighted by Gasteiger charge is -2.56. The lowest BCUT2D eigenvalue weighted by Crippen LogP contribution is -2.78. The van der Waals surface area contributed by atoms with Crippen molar-refractivity contribution in [3.63, 3.8) is 0 Å². The topological polar surface area (TPSA) is 181 Å². The van der Waals surface area contributed by atoms with Gasteiger partial charge in [-0.2, -0.15) is 0 Å². The number of nitrogens with zero attached hydrogens (tertiary/aromatic N) is 1. The number of fused-ring (bicyclic) bond motifs is 3. The number of primary amides is 1. The van der Waals surface area contributed by atoms with Gasteiger partial charge in [-0.15, -0.1) is 0 Å². The highest BCUT2D eigenvalue weighted by Crippen LogP contribution is 2.55. The lowest BCUT2D eigenvalue weighted by atomic mass is 9.49. The molecular formula is C30H36N2O9. The molecule has 1 amide bonds. The summed E-state index contributed by atoms with van der Waals surface area (Å²) in [5, 5.41) is 22.7. The van der Waals surface area contributed by atoms with Crippen LogP contribution in [0.25, 0.3) is 0 Å². The summed E-state index contributed by atoms with van der Waals surface area (Å²) in [6, 6.07) is 3.08. The molecule has 0 aromatic heterocycles. The number of hydrogen-bond acceptors (Lipinski definition) is 10. The number of carbonyl (C=O) groups excluding carboxylic acids is 6. The Kier molecular flexibility index (Phi) is 7.40. The van der Waals surface area contributed by atoms with Crippen molar-refractivity contribution >= 4 is 35.0 Å². The third-order valence-corrected chi connectivity index (χ3v) is 9.77. The largest absolute Gasteiger partial charge is 0.507 e. The molecule has 0 aliphatic heterocycles. The van der Waals surface area contributed by atoms with Gasteiger partial charge in [-0.1, -0.05) is 44.7 Å². The van der Waals surface area contributed by atoms with Gasteiger partial charge in [0.25, 0.3) is 0 Å². The molecule has 0 spiro atoms. The van der Waals surface area contributed by atoms with E-state index in [1.165, 1.54) is 25.1 Å². The molecule has 41 heavy (non-hydrogen) atoms. The number of ether oxygens (including phenoxy) is 1. The molecule has 0 radical (unpaired) electrons. The average molecular weight is 569 g/mol. The number of esters is 1. The Morgan fingerprint density at radius 1 is 1.02 bits per heavy atom. The molecule has 2 unspecified atom stereocenters. The van der Waals surface area contributed by atoms with E-state index >= 15 is 0 Å². The van der Waals surface area contributed by atoms with Gasteiger partial charge in [-0.05, 0) is 44.5 Å². The number of phenolic OH excluding ortho intramolecular Hbond substituents is 1. The number of Topliss-reactive ketones (excluding diaryl/α,β-unsaturated/α-hetero) is 4. The van der Waals surface area contributed by atoms with Gasteiger partial charge >= 0.3 is 5.97 Å². The number of aromatic hydroxyl groups is 1. The van der Waals surface area contributed by atoms with Crippen molar-refractivity contribution in [2.24, 2.45) is 35.3 Å². The number of aliphatic hydroxyl groups is 1. The zero-order valence-electron chi connectivity index (χ0n) is 23.4. The molecule has 4 N–H and O–H groups in total. The van der Waals surface area contributed by atoms with Crippen molar-refractivity contribution in [2.45, 2.75) is 69.1 Å². The molecular weight excluding hydrogens is 532 g/mol. The number of likely N-dealkylation sites (N-methyl/N-ethyl adjacent to an activating group) is 1. The molecule has 4 aliphatic carbocycles. The van der Waals surface area contributed by atoms with Crippen LogP contribution in [0, 0.1) is 29.6 Å². The van der Waals surface area contributed by atoms with Crippen LogP contribution in [-0.2, 0) is 28.7 Å². The van der Waals surface area contributed by atoms with Crippen LogP contribution in [-0.4, -0.2) is 82.0 Å². The fourth-order valence-electron chi connectivity index (χ4n) is 7.81. The van der Waals surface area contributed by atoms with Gasteiger partial charge in [0, 0.05) is 5.92 Å². The fraction of sp³-hybridized carbons (Fsp3) is 0.600. The van der Waals surface area contributed by atoms with Crippen LogP contribution < -0.4 is 5.73 Å². The zero-order valence-corrected chi connectivity index (χ0v) is 23.4. The first-order valence-corrected chi connectivity index (χ1v) is 14.2. The second-order valence-corrected chi connectivity index (χ2v) is 12.2. The predicted octanol–water partition coefficient (Wildman–Crippen LogP) is 0.920. The smallest absolute Gasteiger partial charge is 0.309 e. The van der Waals surface area contributed by atoms with Gasteiger partial charge in [0.05, 0.1) is 29.4 Å². The molecule has 4 aliphatic rings. The summed E-state index contributed by atoms with van der Waals surface area (Å²) < 4.78 is 6.16. The molecule has 0 bridgehead atoms. The Bertz CT molecular complexity index is 1330. The molecule has 0 saturated heterocycles. The van der Waals surface area contributed by atoms with Crippen molar-refractivity contribution in [3.8, 4) is 5.75 Å². The standard InChI is InChI=1S/C30H36N2O9/c1-13-15-11-8-12-16(33)18(15)23(34)19-17(13)25(41-29(39)14-9-6-4-5-7-10-14)21-22(32(2)3)24(35)20(28(31)38)27(37)30(21,40)26(19)36/h8,11-14,17,19-22,25,33,40H,4-7,9-10H2,1-3H3,(H2,31,38)/t13-,17+,19?,20?,21+,22-,25-,30-/m1/s1. The molecule has 8 atom stereocenters. The predicted molar refractivity (Wildman–Crippen MR) is 143 cm³/mol. The zero-order chi connectivity index (χ0) is 30.0. The number of amides is 1. The fourth-order valence-corrected chi connectivity index (χ4v) is 7.81. The van der Waals surface area contributed by atoms with Gasteiger partial charge in [-0.25, -0.2) is 0 Å². The first-order chi connectivity index (χ1) is 19.3. The minimum Gasteiger partial charge on any atom is -0.507 e. The second kappa shape index (κ2) is 10.4. The molecule has 3 saturated carbocycles. The summed E-state index contributed by atoms with van der Waals surface area (Å²) in [7, 11) is 2.97. The normalized spacial score (nSPS) is 35.8. The Morgan fingerprint density at radius 2 is 1.66 bits per heavy atom. The van der Waals surface area contributed by atoms with Crippen molar-refractivity contribution in [3.05, 3.63) is 29.3 Å². The summed E-state index contributed by atoms with van der Waals surface area (Å²) in [5.74, 6) is -14.1. The van der Waals surface area contributed by atoms with Crippen LogP contribution in [0.4, 0.5) is 0 Å². The van der Waals surface area contributed by atoms with Crippen molar-refractivity contribution in [1.82, 2.24) is 4.90 Å². The second-order valence-electron chi connectivity index (χ2n) is 12.2. The maximum atomic E-state index is 14.2. The van der Waals surface area contributed by atoms with E-state index in [2.05, 4.69) is 0 Å². The summed E-state index contributed by atoms with van der Waals surface area (Å²) in [5.41, 5.74) is 2.72. The van der Waals surface area contributed by atoms with Crippen LogP contribution in [0.15, 0.2) is 18.2 Å². The Balaban J connectivity index is 1.72. The molecule has 0 heterocycles. The maximum Gasteiger partial charge on any atom is 0.309 e. The van der Waals surface area contributed by atoms with Gasteiger partial charge in [0.1, 0.15) is 11.9 Å². The third-order valence-electron chi connectivity index (χ3n) is 9.77. The molecule has 11 nitrogen and oxygen atoms in total. The monoisotopic (exact) mass is 568 g/mol. The van der Waals surface area contributed by atoms with E-state index in [0.29, 0.717) is 18.4 Å². The van der Waals surface area contributed by atoms with E-state index in [1.807, 2.05) is 0 Å². The van der Waals surface area contributed by atoms with Gasteiger partial charge in [0.2, 0.25) is 5.91 Å². The first kappa shape index (κ1) is 29.1. The molecule has 1 aromatic rings. The summed E-state index contributed by atoms with van der Waals surface area (Å²) in [4.78, 5) is 82.9. The number of nitrogens with two attached hydrogens (primary N) is 1. The molecule has 1 aromatic carbocycles. The summed E-state index contributed by atoms with van der Waals surface area (Å²) in [6.07, 6.45) is 3.33. The maximum absolute atomic E-state index is 14.2. The van der Waals surface area contributed by atoms with Gasteiger partial charge in [0.15, 0.2) is 34.7 Å². The van der Waals surface area contributed by atoms with Crippen LogP contribution in [0.3, 0.4) is 0 Å². The van der Waals surface area contributed by atoms with E-state index in [-0.39, 0.29) is 11.3 Å². The Morgan fingerprint density at radius 3 is 2.24 bits per heavy atom. The van der Waals surface area contributed by atoms with E-state index < -0.39 is 88.3 Å². The number of hydrogen-bond donors (Lipinski definition) is 3. The van der Waals surface area contributed by atoms with E-state index in [4.69, 9.17) is 10.5 Å². The third kappa shape index (κ3) is 4.23. The van der Waals surface area contributed by atoms with E-state index in [0.717, 1.165) is 25.7 Å². The average Bonchev–Trinajstić information content (AvgIpc) is 3.20. The van der Waals surface area contributed by atoms with Crippen LogP contribution in [0.2, 0.25) is 0 Å². The minimum absolute atomic E-state index is 0.111. The van der Waals surface area contributed by atoms with Crippen LogP contribution in [0.1, 0.15) is 67.3 Å². The number of rotatable bonds is 4. The highest BCUT2D eigenvalue weighted by atomic mass is 16.5. The highest BCUT2D eigenvalue weighted by molar-refractivity contribution is 6.32. The van der Waals surface area contributed by atoms with Crippen molar-refractivity contribution in [1.29, 1.82) is 0 Å². The number of carbonyl (C=O) groups is 6. The molecule has 5 rings (SSSR count). The van der Waals surface area contributed by atoms with E-state index in [9.17, 15) is 39.0 Å². The Hall–Kier alpha value is -3.44. The van der Waals surface area contributed by atoms with Crippen molar-refractivity contribution < 1.29 is 43.7 Å². The molecule has 220 valence electrons. The number of ketones is 4. The van der Waals surface area contributed by atoms with Crippen LogP contribution >= 0.6 is 0 Å². The van der Waals surface area contributed by atoms with E-state index in [1.54, 1.807) is 19.1 Å².